The number of aromatic hydroxyl groups is 1. The maximum Gasteiger partial charge on any atom is 0.416 e. The minimum absolute atomic E-state index is 0.151. The van der Waals surface area contributed by atoms with Crippen molar-refractivity contribution in [3.8, 4) is 29.1 Å². The molecule has 2 aromatic carbocycles. The number of nitrogens with zero attached hydrogens (tertiary/aromatic N) is 2. The molecule has 2 aromatic rings. The first kappa shape index (κ1) is 29.4. The Hall–Kier alpha value is -3.64. The van der Waals surface area contributed by atoms with Gasteiger partial charge in [-0.2, -0.15) is 13.2 Å². The molecule has 2 heterocycles. The topological polar surface area (TPSA) is 62.2 Å². The number of phenols is 1. The molecule has 9 heteroatoms. The maximum absolute atomic E-state index is 13.8. The van der Waals surface area contributed by atoms with Gasteiger partial charge in [0.15, 0.2) is 11.5 Å². The van der Waals surface area contributed by atoms with E-state index in [1.54, 1.807) is 13.2 Å². The minimum Gasteiger partial charge on any atom is -0.508 e. The number of carbonyl (C=O) groups is 1. The minimum atomic E-state index is -4.44. The summed E-state index contributed by atoms with van der Waals surface area (Å²) in [5, 5.41) is 11.2. The number of benzene rings is 2. The van der Waals surface area contributed by atoms with Crippen LogP contribution in [0.1, 0.15) is 55.4 Å². The summed E-state index contributed by atoms with van der Waals surface area (Å²) in [6, 6.07) is 6.10. The van der Waals surface area contributed by atoms with Crippen molar-refractivity contribution in [1.82, 2.24) is 9.80 Å². The van der Waals surface area contributed by atoms with E-state index in [9.17, 15) is 23.1 Å². The summed E-state index contributed by atoms with van der Waals surface area (Å²) in [6.07, 6.45) is 0.288. The van der Waals surface area contributed by atoms with E-state index in [0.717, 1.165) is 55.6 Å². The fourth-order valence-electron chi connectivity index (χ4n) is 8.22. The molecule has 6 rings (SSSR count). The lowest BCUT2D eigenvalue weighted by molar-refractivity contribution is -0.138. The van der Waals surface area contributed by atoms with E-state index in [4.69, 9.17) is 9.47 Å². The Balaban J connectivity index is 1.39. The van der Waals surface area contributed by atoms with Crippen molar-refractivity contribution in [3.63, 3.8) is 0 Å². The van der Waals surface area contributed by atoms with Gasteiger partial charge in [-0.15, -0.1) is 6.58 Å². The molecule has 2 fully saturated rings. The summed E-state index contributed by atoms with van der Waals surface area (Å²) in [7, 11) is 1.57. The molecule has 2 aliphatic heterocycles. The summed E-state index contributed by atoms with van der Waals surface area (Å²) < 4.78 is 51.6. The molecule has 1 saturated carbocycles. The second kappa shape index (κ2) is 10.8. The summed E-state index contributed by atoms with van der Waals surface area (Å²) in [5.41, 5.74) is 1.12. The van der Waals surface area contributed by atoms with Crippen LogP contribution < -0.4 is 9.47 Å². The molecule has 43 heavy (non-hydrogen) atoms. The van der Waals surface area contributed by atoms with Gasteiger partial charge in [0.2, 0.25) is 0 Å². The zero-order chi connectivity index (χ0) is 30.7. The van der Waals surface area contributed by atoms with Crippen LogP contribution in [0.15, 0.2) is 43.0 Å². The molecule has 1 N–H and O–H groups in total. The molecule has 1 spiro atoms. The highest BCUT2D eigenvalue weighted by Gasteiger charge is 2.67. The number of halogens is 3. The fraction of sp³-hybridized carbons (Fsp3) is 0.500. The fourth-order valence-corrected chi connectivity index (χ4v) is 8.22. The van der Waals surface area contributed by atoms with Crippen molar-refractivity contribution >= 4 is 5.91 Å². The van der Waals surface area contributed by atoms with Crippen LogP contribution in [0.25, 0.3) is 0 Å². The van der Waals surface area contributed by atoms with Crippen LogP contribution >= 0.6 is 0 Å². The van der Waals surface area contributed by atoms with Crippen LogP contribution in [0, 0.1) is 23.7 Å². The number of carbonyl (C=O) groups excluding carboxylic acids is 1. The zero-order valence-corrected chi connectivity index (χ0v) is 24.7. The maximum atomic E-state index is 13.8. The van der Waals surface area contributed by atoms with Crippen molar-refractivity contribution in [2.45, 2.75) is 69.3 Å². The molecule has 0 aromatic heterocycles. The Morgan fingerprint density at radius 3 is 2.70 bits per heavy atom. The molecular weight excluding hydrogens is 557 g/mol. The van der Waals surface area contributed by atoms with Gasteiger partial charge in [0.1, 0.15) is 11.9 Å². The van der Waals surface area contributed by atoms with Crippen LogP contribution in [-0.4, -0.2) is 65.7 Å². The van der Waals surface area contributed by atoms with Crippen molar-refractivity contribution in [2.24, 2.45) is 11.8 Å². The average Bonchev–Trinajstić information content (AvgIpc) is 3.31. The van der Waals surface area contributed by atoms with Gasteiger partial charge >= 0.3 is 6.18 Å². The van der Waals surface area contributed by atoms with Crippen LogP contribution in [0.2, 0.25) is 0 Å². The van der Waals surface area contributed by atoms with Gasteiger partial charge in [0.25, 0.3) is 5.91 Å². The van der Waals surface area contributed by atoms with Gasteiger partial charge in [0.05, 0.1) is 18.7 Å². The van der Waals surface area contributed by atoms with E-state index in [1.807, 2.05) is 24.8 Å². The average molecular weight is 595 g/mol. The first-order valence-electron chi connectivity index (χ1n) is 14.9. The van der Waals surface area contributed by atoms with Crippen molar-refractivity contribution in [2.75, 3.05) is 26.7 Å². The van der Waals surface area contributed by atoms with Gasteiger partial charge in [-0.3, -0.25) is 9.69 Å². The van der Waals surface area contributed by atoms with E-state index in [2.05, 4.69) is 23.3 Å². The first-order chi connectivity index (χ1) is 20.5. The van der Waals surface area contributed by atoms with E-state index in [1.165, 1.54) is 12.1 Å². The van der Waals surface area contributed by atoms with Crippen LogP contribution in [0.3, 0.4) is 0 Å². The summed E-state index contributed by atoms with van der Waals surface area (Å²) in [4.78, 5) is 18.1. The molecule has 1 amide bonds. The molecule has 228 valence electrons. The number of ether oxygens (including phenoxy) is 2. The van der Waals surface area contributed by atoms with E-state index >= 15 is 0 Å². The molecule has 6 nitrogen and oxygen atoms in total. The number of hydrogen-bond acceptors (Lipinski definition) is 5. The van der Waals surface area contributed by atoms with Crippen LogP contribution in [0.5, 0.6) is 17.2 Å². The SMILES string of the molecule is C=CCN1CC[C@]23c4c5c(O)cc(OC)c4O[C@H]2[C@@H](N(CC(C)C)C(=O)C#Cc2ccc(C(F)(F)F)cc2)CC[C@H]3[C@H]1C5. The number of alkyl halides is 3. The standard InChI is InChI=1S/C34H37F3N2O4/c1-5-15-38-16-14-33-24-11-12-25(32(33)43-31-28(42-4)18-27(40)23(30(31)33)17-26(24)38)39(19-20(2)3)29(41)13-8-21-6-9-22(10-7-21)34(35,36)37/h5-7,9-10,18,20,24-26,32,40H,1,11-12,14-17,19H2,2-4H3/t24-,25-,26+,32-,33-/m0/s1. The molecule has 2 bridgehead atoms. The third-order valence-electron chi connectivity index (χ3n) is 9.82. The summed E-state index contributed by atoms with van der Waals surface area (Å²) >= 11 is 0. The van der Waals surface area contributed by atoms with Crippen LogP contribution in [0.4, 0.5) is 13.2 Å². The Morgan fingerprint density at radius 2 is 2.05 bits per heavy atom. The van der Waals surface area contributed by atoms with Crippen molar-refractivity contribution in [3.05, 3.63) is 65.2 Å². The van der Waals surface area contributed by atoms with Gasteiger partial charge in [-0.25, -0.2) is 0 Å². The lowest BCUT2D eigenvalue weighted by atomic mass is 9.50. The molecule has 0 unspecified atom stereocenters. The monoisotopic (exact) mass is 594 g/mol. The quantitative estimate of drug-likeness (QED) is 0.351. The molecule has 5 atom stereocenters. The predicted octanol–water partition coefficient (Wildman–Crippen LogP) is 5.55. The molecule has 1 saturated heterocycles. The number of likely N-dealkylation sites (tertiary alicyclic amines) is 1. The predicted molar refractivity (Wildman–Crippen MR) is 156 cm³/mol. The Morgan fingerprint density at radius 1 is 1.30 bits per heavy atom. The van der Waals surface area contributed by atoms with Crippen molar-refractivity contribution < 1.29 is 32.5 Å². The van der Waals surface area contributed by atoms with Gasteiger partial charge in [-0.05, 0) is 68.3 Å². The zero-order valence-electron chi connectivity index (χ0n) is 24.7. The van der Waals surface area contributed by atoms with Gasteiger partial charge in [-0.1, -0.05) is 25.8 Å². The number of phenolic OH excluding ortho intramolecular Hbond substituents is 1. The van der Waals surface area contributed by atoms with Gasteiger partial charge < -0.3 is 19.5 Å². The first-order valence-corrected chi connectivity index (χ1v) is 14.9. The highest BCUT2D eigenvalue weighted by atomic mass is 19.4. The lowest BCUT2D eigenvalue weighted by Crippen LogP contribution is -2.69. The smallest absolute Gasteiger partial charge is 0.416 e. The number of methoxy groups -OCH3 is 1. The molecular formula is C34H37F3N2O4. The number of rotatable bonds is 6. The molecule has 4 aliphatic rings. The highest BCUT2D eigenvalue weighted by molar-refractivity contribution is 5.94. The molecule has 0 radical (unpaired) electrons. The van der Waals surface area contributed by atoms with Crippen molar-refractivity contribution in [1.29, 1.82) is 0 Å². The van der Waals surface area contributed by atoms with E-state index in [0.29, 0.717) is 30.0 Å². The van der Waals surface area contributed by atoms with Gasteiger partial charge in [0, 0.05) is 53.2 Å². The Labute approximate surface area is 250 Å². The molecule has 2 aliphatic carbocycles. The van der Waals surface area contributed by atoms with E-state index < -0.39 is 17.2 Å². The summed E-state index contributed by atoms with van der Waals surface area (Å²) in [6.45, 7) is 10.1. The third-order valence-corrected chi connectivity index (χ3v) is 9.82. The summed E-state index contributed by atoms with van der Waals surface area (Å²) in [5.74, 6) is 6.94. The Bertz CT molecular complexity index is 1490. The largest absolute Gasteiger partial charge is 0.508 e. The number of piperidine rings is 1. The number of hydrogen-bond donors (Lipinski definition) is 1. The Kier molecular flexibility index (Phi) is 7.40. The second-order valence-corrected chi connectivity index (χ2v) is 12.6. The third kappa shape index (κ3) is 4.75. The lowest BCUT2D eigenvalue weighted by Gasteiger charge is -2.60. The normalized spacial score (nSPS) is 27.0. The second-order valence-electron chi connectivity index (χ2n) is 12.6. The highest BCUT2D eigenvalue weighted by Crippen LogP contribution is 2.65. The van der Waals surface area contributed by atoms with Crippen LogP contribution in [-0.2, 0) is 22.8 Å². The number of amides is 1. The van der Waals surface area contributed by atoms with E-state index in [-0.39, 0.29) is 41.7 Å².